The molecule has 0 radical (unpaired) electrons. The molecular formula is C14H16N6S. The molecule has 3 aromatic rings. The lowest BCUT2D eigenvalue weighted by Crippen LogP contribution is -2.37. The van der Waals surface area contributed by atoms with E-state index in [1.165, 1.54) is 0 Å². The number of nitrogens with zero attached hydrogens (tertiary/aromatic N) is 5. The van der Waals surface area contributed by atoms with Crippen molar-refractivity contribution in [1.29, 1.82) is 0 Å². The zero-order chi connectivity index (χ0) is 14.3. The van der Waals surface area contributed by atoms with Gasteiger partial charge in [-0.05, 0) is 38.1 Å². The third kappa shape index (κ3) is 2.13. The predicted octanol–water partition coefficient (Wildman–Crippen LogP) is 1.89. The van der Waals surface area contributed by atoms with Gasteiger partial charge in [0.2, 0.25) is 4.96 Å². The molecule has 0 unspecified atom stereocenters. The lowest BCUT2D eigenvalue weighted by Gasteiger charge is -2.31. The van der Waals surface area contributed by atoms with Gasteiger partial charge in [-0.3, -0.25) is 4.98 Å². The molecule has 1 saturated heterocycles. The molecular weight excluding hydrogens is 284 g/mol. The van der Waals surface area contributed by atoms with E-state index in [4.69, 9.17) is 5.10 Å². The lowest BCUT2D eigenvalue weighted by molar-refractivity contribution is 0.331. The zero-order valence-electron chi connectivity index (χ0n) is 11.8. The number of aromatic nitrogens is 5. The minimum Gasteiger partial charge on any atom is -0.317 e. The van der Waals surface area contributed by atoms with Crippen molar-refractivity contribution in [3.05, 3.63) is 29.5 Å². The van der Waals surface area contributed by atoms with E-state index in [9.17, 15) is 0 Å². The van der Waals surface area contributed by atoms with Crippen LogP contribution in [0.2, 0.25) is 0 Å². The van der Waals surface area contributed by atoms with Crippen molar-refractivity contribution in [2.45, 2.75) is 25.2 Å². The van der Waals surface area contributed by atoms with Gasteiger partial charge in [0.05, 0.1) is 0 Å². The Morgan fingerprint density at radius 1 is 1.29 bits per heavy atom. The standard InChI is InChI=1S/C14H16N6S/c1-14(4-7-15-8-5-14)12-19-20-11(17-18-13(20)21-12)10-3-2-6-16-9-10/h2-3,6,9,15H,4-5,7-8H2,1H3. The summed E-state index contributed by atoms with van der Waals surface area (Å²) in [5.74, 6) is 0.762. The van der Waals surface area contributed by atoms with E-state index in [1.807, 2.05) is 16.6 Å². The molecule has 4 heterocycles. The molecule has 1 aliphatic rings. The summed E-state index contributed by atoms with van der Waals surface area (Å²) in [4.78, 5) is 4.99. The number of piperidine rings is 1. The van der Waals surface area contributed by atoms with E-state index >= 15 is 0 Å². The fraction of sp³-hybridized carbons (Fsp3) is 0.429. The molecule has 0 spiro atoms. The van der Waals surface area contributed by atoms with Crippen LogP contribution in [0, 0.1) is 0 Å². The Labute approximate surface area is 126 Å². The van der Waals surface area contributed by atoms with E-state index < -0.39 is 0 Å². The van der Waals surface area contributed by atoms with Crippen LogP contribution in [0.15, 0.2) is 24.5 Å². The van der Waals surface area contributed by atoms with Crippen LogP contribution in [-0.4, -0.2) is 37.9 Å². The molecule has 0 atom stereocenters. The molecule has 3 aromatic heterocycles. The molecule has 0 aromatic carbocycles. The van der Waals surface area contributed by atoms with Crippen LogP contribution >= 0.6 is 11.3 Å². The van der Waals surface area contributed by atoms with Crippen molar-refractivity contribution in [3.8, 4) is 11.4 Å². The van der Waals surface area contributed by atoms with Gasteiger partial charge in [0.1, 0.15) is 5.01 Å². The summed E-state index contributed by atoms with van der Waals surface area (Å²) in [7, 11) is 0. The minimum atomic E-state index is 0.142. The summed E-state index contributed by atoms with van der Waals surface area (Å²) in [6.07, 6.45) is 5.77. The molecule has 1 aliphatic heterocycles. The van der Waals surface area contributed by atoms with Gasteiger partial charge in [-0.25, -0.2) is 0 Å². The van der Waals surface area contributed by atoms with Crippen LogP contribution in [0.3, 0.4) is 0 Å². The molecule has 108 valence electrons. The topological polar surface area (TPSA) is 68.0 Å². The van der Waals surface area contributed by atoms with Gasteiger partial charge >= 0.3 is 0 Å². The molecule has 0 aliphatic carbocycles. The maximum absolute atomic E-state index is 4.80. The molecule has 0 amide bonds. The minimum absolute atomic E-state index is 0.142. The van der Waals surface area contributed by atoms with Crippen molar-refractivity contribution in [2.75, 3.05) is 13.1 Å². The van der Waals surface area contributed by atoms with Gasteiger partial charge in [0.25, 0.3) is 0 Å². The molecule has 1 N–H and O–H groups in total. The summed E-state index contributed by atoms with van der Waals surface area (Å²) in [5, 5.41) is 17.9. The average Bonchev–Trinajstić information content (AvgIpc) is 3.09. The van der Waals surface area contributed by atoms with Gasteiger partial charge in [0.15, 0.2) is 5.82 Å². The number of hydrogen-bond donors (Lipinski definition) is 1. The van der Waals surface area contributed by atoms with Crippen LogP contribution in [-0.2, 0) is 5.41 Å². The monoisotopic (exact) mass is 300 g/mol. The van der Waals surface area contributed by atoms with Crippen LogP contribution in [0.1, 0.15) is 24.8 Å². The number of rotatable bonds is 2. The fourth-order valence-electron chi connectivity index (χ4n) is 2.73. The number of nitrogens with one attached hydrogen (secondary N) is 1. The Hall–Kier alpha value is -1.86. The highest BCUT2D eigenvalue weighted by atomic mass is 32.1. The highest BCUT2D eigenvalue weighted by Crippen LogP contribution is 2.36. The van der Waals surface area contributed by atoms with Gasteiger partial charge in [-0.1, -0.05) is 18.3 Å². The Morgan fingerprint density at radius 3 is 2.90 bits per heavy atom. The van der Waals surface area contributed by atoms with Gasteiger partial charge < -0.3 is 5.32 Å². The molecule has 6 nitrogen and oxygen atoms in total. The Morgan fingerprint density at radius 2 is 2.14 bits per heavy atom. The largest absolute Gasteiger partial charge is 0.317 e. The van der Waals surface area contributed by atoms with Gasteiger partial charge in [-0.2, -0.15) is 9.61 Å². The third-order valence-corrected chi connectivity index (χ3v) is 5.34. The average molecular weight is 300 g/mol. The summed E-state index contributed by atoms with van der Waals surface area (Å²) >= 11 is 1.65. The summed E-state index contributed by atoms with van der Waals surface area (Å²) < 4.78 is 1.85. The Kier molecular flexibility index (Phi) is 2.97. The summed E-state index contributed by atoms with van der Waals surface area (Å²) in [5.41, 5.74) is 1.08. The maximum atomic E-state index is 4.80. The molecule has 0 saturated carbocycles. The van der Waals surface area contributed by atoms with E-state index in [1.54, 1.807) is 23.7 Å². The normalized spacial score (nSPS) is 18.1. The first kappa shape index (κ1) is 12.8. The van der Waals surface area contributed by atoms with Crippen LogP contribution < -0.4 is 5.32 Å². The first-order chi connectivity index (χ1) is 10.3. The van der Waals surface area contributed by atoms with Crippen molar-refractivity contribution in [3.63, 3.8) is 0 Å². The summed E-state index contributed by atoms with van der Waals surface area (Å²) in [6, 6.07) is 3.88. The van der Waals surface area contributed by atoms with E-state index in [0.29, 0.717) is 0 Å². The second-order valence-corrected chi connectivity index (χ2v) is 6.63. The van der Waals surface area contributed by atoms with Crippen molar-refractivity contribution in [2.24, 2.45) is 0 Å². The maximum Gasteiger partial charge on any atom is 0.234 e. The van der Waals surface area contributed by atoms with Gasteiger partial charge in [0, 0.05) is 23.4 Å². The Balaban J connectivity index is 1.79. The second-order valence-electron chi connectivity index (χ2n) is 5.68. The van der Waals surface area contributed by atoms with Gasteiger partial charge in [-0.15, -0.1) is 10.2 Å². The van der Waals surface area contributed by atoms with Crippen LogP contribution in [0.4, 0.5) is 0 Å². The molecule has 1 fully saturated rings. The molecule has 0 bridgehead atoms. The SMILES string of the molecule is CC1(c2nn3c(-c4cccnc4)nnc3s2)CCNCC1. The number of pyridine rings is 1. The predicted molar refractivity (Wildman–Crippen MR) is 81.3 cm³/mol. The number of hydrogen-bond acceptors (Lipinski definition) is 6. The smallest absolute Gasteiger partial charge is 0.234 e. The first-order valence-electron chi connectivity index (χ1n) is 7.10. The fourth-order valence-corrected chi connectivity index (χ4v) is 3.77. The quantitative estimate of drug-likeness (QED) is 0.783. The van der Waals surface area contributed by atoms with E-state index in [-0.39, 0.29) is 5.41 Å². The highest BCUT2D eigenvalue weighted by molar-refractivity contribution is 7.16. The lowest BCUT2D eigenvalue weighted by atomic mass is 9.82. The van der Waals surface area contributed by atoms with Crippen molar-refractivity contribution < 1.29 is 0 Å². The zero-order valence-corrected chi connectivity index (χ0v) is 12.6. The molecule has 7 heteroatoms. The molecule has 4 rings (SSSR count). The Bertz CT molecular complexity index is 756. The van der Waals surface area contributed by atoms with Crippen molar-refractivity contribution >= 4 is 16.3 Å². The molecule has 21 heavy (non-hydrogen) atoms. The first-order valence-corrected chi connectivity index (χ1v) is 7.92. The van der Waals surface area contributed by atoms with Crippen molar-refractivity contribution in [1.82, 2.24) is 30.1 Å². The van der Waals surface area contributed by atoms with Crippen LogP contribution in [0.25, 0.3) is 16.3 Å². The summed E-state index contributed by atoms with van der Waals surface area (Å²) in [6.45, 7) is 4.39. The number of fused-ring (bicyclic) bond motifs is 1. The van der Waals surface area contributed by atoms with E-state index in [0.717, 1.165) is 47.3 Å². The second kappa shape index (κ2) is 4.85. The van der Waals surface area contributed by atoms with Crippen LogP contribution in [0.5, 0.6) is 0 Å². The van der Waals surface area contributed by atoms with E-state index in [2.05, 4.69) is 27.4 Å². The third-order valence-electron chi connectivity index (χ3n) is 4.13. The highest BCUT2D eigenvalue weighted by Gasteiger charge is 2.33.